The van der Waals surface area contributed by atoms with Crippen LogP contribution in [0, 0.1) is 0 Å². The second-order valence-corrected chi connectivity index (χ2v) is 8.78. The first-order valence-electron chi connectivity index (χ1n) is 10.0. The van der Waals surface area contributed by atoms with Crippen molar-refractivity contribution in [2.45, 2.75) is 13.2 Å². The van der Waals surface area contributed by atoms with E-state index in [-0.39, 0.29) is 12.5 Å². The fourth-order valence-corrected chi connectivity index (χ4v) is 3.37. The number of ether oxygens (including phenoxy) is 2. The summed E-state index contributed by atoms with van der Waals surface area (Å²) < 4.78 is 44.4. The Labute approximate surface area is 191 Å². The second-order valence-electron chi connectivity index (χ2n) is 7.14. The van der Waals surface area contributed by atoms with Crippen molar-refractivity contribution in [2.75, 3.05) is 13.4 Å². The van der Waals surface area contributed by atoms with Crippen LogP contribution >= 0.6 is 0 Å². The number of pyridine rings is 1. The van der Waals surface area contributed by atoms with Crippen LogP contribution in [0.4, 0.5) is 0 Å². The number of hydrogen-bond acceptors (Lipinski definition) is 8. The van der Waals surface area contributed by atoms with Crippen molar-refractivity contribution in [1.82, 2.24) is 9.97 Å². The molecule has 4 aromatic rings. The van der Waals surface area contributed by atoms with Crippen LogP contribution in [0.5, 0.6) is 11.6 Å². The number of benzene rings is 2. The molecule has 0 unspecified atom stereocenters. The standard InChI is InChI=1S/C24H22N2O6S/c1-29-21-13-10-19(14-25-21)23-24(32-22(26-23)16-31-33(2,27)28)18-8-11-20(12-9-18)30-15-17-6-4-3-5-7-17/h3-14H,15-16H2,1-2H3. The second kappa shape index (κ2) is 9.85. The van der Waals surface area contributed by atoms with E-state index in [2.05, 4.69) is 9.97 Å². The largest absolute Gasteiger partial charge is 0.489 e. The van der Waals surface area contributed by atoms with Crippen molar-refractivity contribution < 1.29 is 26.5 Å². The molecular formula is C24H22N2O6S. The van der Waals surface area contributed by atoms with Gasteiger partial charge in [0.1, 0.15) is 24.7 Å². The molecule has 4 rings (SSSR count). The van der Waals surface area contributed by atoms with Crippen molar-refractivity contribution in [3.63, 3.8) is 0 Å². The van der Waals surface area contributed by atoms with Gasteiger partial charge in [-0.1, -0.05) is 30.3 Å². The number of rotatable bonds is 9. The van der Waals surface area contributed by atoms with E-state index in [1.807, 2.05) is 54.6 Å². The van der Waals surface area contributed by atoms with E-state index in [1.54, 1.807) is 18.3 Å². The minimum Gasteiger partial charge on any atom is -0.489 e. The van der Waals surface area contributed by atoms with Crippen molar-refractivity contribution in [3.05, 3.63) is 84.4 Å². The lowest BCUT2D eigenvalue weighted by atomic mass is 10.1. The maximum absolute atomic E-state index is 11.4. The van der Waals surface area contributed by atoms with Crippen LogP contribution in [0.15, 0.2) is 77.3 Å². The Morgan fingerprint density at radius 2 is 1.64 bits per heavy atom. The average Bonchev–Trinajstić information content (AvgIpc) is 3.26. The van der Waals surface area contributed by atoms with Crippen LogP contribution in [0.2, 0.25) is 0 Å². The maximum Gasteiger partial charge on any atom is 0.264 e. The van der Waals surface area contributed by atoms with E-state index in [9.17, 15) is 8.42 Å². The molecule has 0 radical (unpaired) electrons. The molecule has 2 aromatic carbocycles. The first kappa shape index (κ1) is 22.5. The molecule has 0 saturated heterocycles. The van der Waals surface area contributed by atoms with E-state index in [4.69, 9.17) is 18.1 Å². The molecule has 2 aromatic heterocycles. The molecule has 0 spiro atoms. The normalized spacial score (nSPS) is 11.3. The Morgan fingerprint density at radius 1 is 0.909 bits per heavy atom. The Balaban J connectivity index is 1.60. The zero-order valence-corrected chi connectivity index (χ0v) is 18.9. The molecule has 0 N–H and O–H groups in total. The van der Waals surface area contributed by atoms with Gasteiger partial charge in [0, 0.05) is 23.4 Å². The lowest BCUT2D eigenvalue weighted by molar-refractivity contribution is 0.271. The van der Waals surface area contributed by atoms with Crippen molar-refractivity contribution in [3.8, 4) is 34.2 Å². The predicted molar refractivity (Wildman–Crippen MR) is 122 cm³/mol. The number of oxazole rings is 1. The summed E-state index contributed by atoms with van der Waals surface area (Å²) in [7, 11) is -2.11. The van der Waals surface area contributed by atoms with Crippen LogP contribution in [-0.4, -0.2) is 31.8 Å². The van der Waals surface area contributed by atoms with E-state index < -0.39 is 10.1 Å². The van der Waals surface area contributed by atoms with Gasteiger partial charge >= 0.3 is 0 Å². The van der Waals surface area contributed by atoms with E-state index >= 15 is 0 Å². The summed E-state index contributed by atoms with van der Waals surface area (Å²) in [5, 5.41) is 0. The number of nitrogens with zero attached hydrogens (tertiary/aromatic N) is 2. The van der Waals surface area contributed by atoms with Gasteiger partial charge in [-0.25, -0.2) is 9.97 Å². The van der Waals surface area contributed by atoms with E-state index in [1.165, 1.54) is 7.11 Å². The lowest BCUT2D eigenvalue weighted by Crippen LogP contribution is -2.02. The predicted octanol–water partition coefficient (Wildman–Crippen LogP) is 4.47. The fraction of sp³-hybridized carbons (Fsp3) is 0.167. The first-order chi connectivity index (χ1) is 15.9. The summed E-state index contributed by atoms with van der Waals surface area (Å²) in [6.45, 7) is 0.145. The molecule has 2 heterocycles. The van der Waals surface area contributed by atoms with Gasteiger partial charge in [0.2, 0.25) is 11.8 Å². The number of hydrogen-bond donors (Lipinski definition) is 0. The van der Waals surface area contributed by atoms with Crippen LogP contribution in [0.1, 0.15) is 11.5 Å². The highest BCUT2D eigenvalue weighted by molar-refractivity contribution is 7.85. The summed E-state index contributed by atoms with van der Waals surface area (Å²) in [6, 6.07) is 20.8. The number of aromatic nitrogens is 2. The monoisotopic (exact) mass is 466 g/mol. The molecule has 0 fully saturated rings. The molecule has 0 saturated carbocycles. The maximum atomic E-state index is 11.4. The average molecular weight is 467 g/mol. The third-order valence-corrected chi connectivity index (χ3v) is 5.20. The molecule has 33 heavy (non-hydrogen) atoms. The Hall–Kier alpha value is -3.69. The Bertz CT molecular complexity index is 1300. The molecule has 0 aliphatic rings. The molecular weight excluding hydrogens is 444 g/mol. The van der Waals surface area contributed by atoms with Crippen molar-refractivity contribution in [1.29, 1.82) is 0 Å². The van der Waals surface area contributed by atoms with Gasteiger partial charge in [0.05, 0.1) is 13.4 Å². The molecule has 0 amide bonds. The molecule has 0 bridgehead atoms. The van der Waals surface area contributed by atoms with Gasteiger partial charge in [-0.2, -0.15) is 8.42 Å². The fourth-order valence-electron chi connectivity index (χ4n) is 3.06. The highest BCUT2D eigenvalue weighted by Crippen LogP contribution is 2.34. The quantitative estimate of drug-likeness (QED) is 0.333. The third-order valence-electron chi connectivity index (χ3n) is 4.65. The molecule has 0 aliphatic carbocycles. The Kier molecular flexibility index (Phi) is 6.71. The van der Waals surface area contributed by atoms with Crippen molar-refractivity contribution >= 4 is 10.1 Å². The summed E-state index contributed by atoms with van der Waals surface area (Å²) in [4.78, 5) is 8.66. The zero-order valence-electron chi connectivity index (χ0n) is 18.1. The Morgan fingerprint density at radius 3 is 2.27 bits per heavy atom. The summed E-state index contributed by atoms with van der Waals surface area (Å²) >= 11 is 0. The highest BCUT2D eigenvalue weighted by atomic mass is 32.2. The summed E-state index contributed by atoms with van der Waals surface area (Å²) in [5.41, 5.74) is 3.01. The van der Waals surface area contributed by atoms with Crippen molar-refractivity contribution in [2.24, 2.45) is 0 Å². The summed E-state index contributed by atoms with van der Waals surface area (Å²) in [5.74, 6) is 1.76. The van der Waals surface area contributed by atoms with Crippen LogP contribution < -0.4 is 9.47 Å². The van der Waals surface area contributed by atoms with Gasteiger partial charge in [-0.05, 0) is 35.9 Å². The topological polar surface area (TPSA) is 101 Å². The lowest BCUT2D eigenvalue weighted by Gasteiger charge is -2.07. The van der Waals surface area contributed by atoms with Gasteiger partial charge in [0.15, 0.2) is 5.76 Å². The van der Waals surface area contributed by atoms with E-state index in [0.717, 1.165) is 17.4 Å². The van der Waals surface area contributed by atoms with Crippen LogP contribution in [-0.2, 0) is 27.5 Å². The smallest absolute Gasteiger partial charge is 0.264 e. The first-order valence-corrected chi connectivity index (χ1v) is 11.8. The highest BCUT2D eigenvalue weighted by Gasteiger charge is 2.19. The molecule has 8 nitrogen and oxygen atoms in total. The molecule has 0 aliphatic heterocycles. The zero-order chi connectivity index (χ0) is 23.3. The SMILES string of the molecule is COc1ccc(-c2nc(COS(C)(=O)=O)oc2-c2ccc(OCc3ccccc3)cc2)cn1. The van der Waals surface area contributed by atoms with Gasteiger partial charge in [-0.3, -0.25) is 4.18 Å². The van der Waals surface area contributed by atoms with Gasteiger partial charge < -0.3 is 13.9 Å². The molecule has 0 atom stereocenters. The van der Waals surface area contributed by atoms with Crippen LogP contribution in [0.25, 0.3) is 22.6 Å². The van der Waals surface area contributed by atoms with E-state index in [0.29, 0.717) is 35.3 Å². The molecule has 170 valence electrons. The summed E-state index contributed by atoms with van der Waals surface area (Å²) in [6.07, 6.45) is 2.58. The van der Waals surface area contributed by atoms with Gasteiger partial charge in [0.25, 0.3) is 10.1 Å². The van der Waals surface area contributed by atoms with Gasteiger partial charge in [-0.15, -0.1) is 0 Å². The molecule has 9 heteroatoms. The van der Waals surface area contributed by atoms with Crippen LogP contribution in [0.3, 0.4) is 0 Å². The third kappa shape index (κ3) is 5.97. The minimum atomic E-state index is -3.64. The number of methoxy groups -OCH3 is 1. The minimum absolute atomic E-state index is 0.130.